The Hall–Kier alpha value is -2.70. The molecule has 0 aliphatic carbocycles. The van der Waals surface area contributed by atoms with Gasteiger partial charge in [0.15, 0.2) is 6.61 Å². The van der Waals surface area contributed by atoms with Crippen LogP contribution in [0.25, 0.3) is 0 Å². The zero-order chi connectivity index (χ0) is 18.1. The van der Waals surface area contributed by atoms with Crippen LogP contribution in [-0.2, 0) is 11.0 Å². The van der Waals surface area contributed by atoms with Gasteiger partial charge < -0.3 is 15.4 Å². The Morgan fingerprint density at radius 2 is 1.64 bits per heavy atom. The monoisotopic (exact) mass is 352 g/mol. The lowest BCUT2D eigenvalue weighted by atomic mass is 10.2. The van der Waals surface area contributed by atoms with Crippen molar-refractivity contribution in [3.05, 3.63) is 60.2 Å². The first-order valence-electron chi connectivity index (χ1n) is 7.81. The highest BCUT2D eigenvalue weighted by Crippen LogP contribution is 2.30. The summed E-state index contributed by atoms with van der Waals surface area (Å²) in [5.41, 5.74) is 0.259. The normalized spacial score (nSPS) is 11.0. The summed E-state index contributed by atoms with van der Waals surface area (Å²) < 4.78 is 42.5. The molecule has 0 saturated carbocycles. The van der Waals surface area contributed by atoms with Crippen LogP contribution < -0.4 is 15.4 Å². The first kappa shape index (κ1) is 18.6. The lowest BCUT2D eigenvalue weighted by molar-refractivity contribution is -0.137. The molecule has 0 radical (unpaired) electrons. The summed E-state index contributed by atoms with van der Waals surface area (Å²) in [6.45, 7) is 0.955. The third kappa shape index (κ3) is 6.74. The van der Waals surface area contributed by atoms with Crippen LogP contribution in [0.2, 0.25) is 0 Å². The number of benzene rings is 2. The van der Waals surface area contributed by atoms with Crippen molar-refractivity contribution in [1.29, 1.82) is 0 Å². The Bertz CT molecular complexity index is 658. The highest BCUT2D eigenvalue weighted by atomic mass is 19.4. The number of hydrogen-bond donors (Lipinski definition) is 2. The number of carbonyl (C=O) groups excluding carboxylic acids is 1. The number of carbonyl (C=O) groups is 1. The first-order chi connectivity index (χ1) is 11.9. The van der Waals surface area contributed by atoms with Gasteiger partial charge in [-0.2, -0.15) is 13.2 Å². The van der Waals surface area contributed by atoms with E-state index in [0.717, 1.165) is 24.2 Å². The predicted octanol–water partition coefficient (Wildman–Crippen LogP) is 3.70. The summed E-state index contributed by atoms with van der Waals surface area (Å²) in [6, 6.07) is 13.9. The maximum atomic E-state index is 12.4. The molecule has 2 rings (SSSR count). The van der Waals surface area contributed by atoms with E-state index in [-0.39, 0.29) is 18.3 Å². The molecule has 0 heterocycles. The maximum Gasteiger partial charge on any atom is 0.416 e. The van der Waals surface area contributed by atoms with Crippen molar-refractivity contribution in [2.45, 2.75) is 12.6 Å². The molecule has 0 aromatic heterocycles. The molecule has 134 valence electrons. The molecule has 0 bridgehead atoms. The van der Waals surface area contributed by atoms with Crippen molar-refractivity contribution in [2.75, 3.05) is 25.0 Å². The van der Waals surface area contributed by atoms with E-state index in [0.29, 0.717) is 13.1 Å². The highest BCUT2D eigenvalue weighted by Gasteiger charge is 2.30. The zero-order valence-electron chi connectivity index (χ0n) is 13.5. The van der Waals surface area contributed by atoms with Gasteiger partial charge in [0.25, 0.3) is 5.91 Å². The number of ether oxygens (including phenoxy) is 1. The lowest BCUT2D eigenvalue weighted by Gasteiger charge is -2.10. The first-order valence-corrected chi connectivity index (χ1v) is 7.81. The van der Waals surface area contributed by atoms with E-state index in [1.807, 2.05) is 30.3 Å². The third-order valence-electron chi connectivity index (χ3n) is 3.33. The second kappa shape index (κ2) is 8.96. The van der Waals surface area contributed by atoms with Crippen LogP contribution in [0.5, 0.6) is 5.75 Å². The standard InChI is InChI=1S/C18H19F3N2O2/c19-18(20,21)14-7-9-16(10-8-14)25-13-17(24)23-12-4-11-22-15-5-2-1-3-6-15/h1-3,5-10,22H,4,11-13H2,(H,23,24). The Balaban J connectivity index is 1.61. The molecule has 1 amide bonds. The number of para-hydroxylation sites is 1. The van der Waals surface area contributed by atoms with E-state index in [4.69, 9.17) is 4.74 Å². The number of amides is 1. The fraction of sp³-hybridized carbons (Fsp3) is 0.278. The van der Waals surface area contributed by atoms with Gasteiger partial charge in [-0.1, -0.05) is 18.2 Å². The molecule has 2 aromatic carbocycles. The van der Waals surface area contributed by atoms with E-state index >= 15 is 0 Å². The van der Waals surface area contributed by atoms with Crippen LogP contribution in [0.3, 0.4) is 0 Å². The Kier molecular flexibility index (Phi) is 6.68. The van der Waals surface area contributed by atoms with Crippen LogP contribution in [0.1, 0.15) is 12.0 Å². The van der Waals surface area contributed by atoms with E-state index in [9.17, 15) is 18.0 Å². The molecular weight excluding hydrogens is 333 g/mol. The summed E-state index contributed by atoms with van der Waals surface area (Å²) in [5.74, 6) is -0.103. The van der Waals surface area contributed by atoms with Crippen molar-refractivity contribution in [3.8, 4) is 5.75 Å². The van der Waals surface area contributed by atoms with Crippen molar-refractivity contribution < 1.29 is 22.7 Å². The number of hydrogen-bond acceptors (Lipinski definition) is 3. The van der Waals surface area contributed by atoms with Gasteiger partial charge in [-0.15, -0.1) is 0 Å². The van der Waals surface area contributed by atoms with Gasteiger partial charge in [-0.25, -0.2) is 0 Å². The molecular formula is C18H19F3N2O2. The van der Waals surface area contributed by atoms with Gasteiger partial charge in [0.2, 0.25) is 0 Å². The van der Waals surface area contributed by atoms with Crippen LogP contribution in [-0.4, -0.2) is 25.6 Å². The fourth-order valence-corrected chi connectivity index (χ4v) is 2.04. The minimum Gasteiger partial charge on any atom is -0.484 e. The molecule has 2 aromatic rings. The Labute approximate surface area is 144 Å². The van der Waals surface area contributed by atoms with Gasteiger partial charge >= 0.3 is 6.18 Å². The number of rotatable bonds is 8. The average molecular weight is 352 g/mol. The van der Waals surface area contributed by atoms with Crippen LogP contribution in [0.4, 0.5) is 18.9 Å². The quantitative estimate of drug-likeness (QED) is 0.712. The number of alkyl halides is 3. The van der Waals surface area contributed by atoms with E-state index < -0.39 is 11.7 Å². The van der Waals surface area contributed by atoms with E-state index in [1.54, 1.807) is 0 Å². The summed E-state index contributed by atoms with van der Waals surface area (Å²) in [4.78, 5) is 11.6. The molecule has 2 N–H and O–H groups in total. The van der Waals surface area contributed by atoms with Gasteiger partial charge in [0.1, 0.15) is 5.75 Å². The minimum atomic E-state index is -4.39. The largest absolute Gasteiger partial charge is 0.484 e. The molecule has 0 unspecified atom stereocenters. The fourth-order valence-electron chi connectivity index (χ4n) is 2.04. The summed E-state index contributed by atoms with van der Waals surface area (Å²) in [7, 11) is 0. The van der Waals surface area contributed by atoms with Crippen LogP contribution in [0, 0.1) is 0 Å². The molecule has 0 aliphatic rings. The second-order valence-corrected chi connectivity index (χ2v) is 5.31. The van der Waals surface area contributed by atoms with Gasteiger partial charge in [-0.05, 0) is 42.8 Å². The molecule has 0 saturated heterocycles. The van der Waals surface area contributed by atoms with Gasteiger partial charge in [0, 0.05) is 18.8 Å². The SMILES string of the molecule is O=C(COc1ccc(C(F)(F)F)cc1)NCCCNc1ccccc1. The van der Waals surface area contributed by atoms with E-state index in [2.05, 4.69) is 10.6 Å². The summed E-state index contributed by atoms with van der Waals surface area (Å²) >= 11 is 0. The Morgan fingerprint density at radius 3 is 2.28 bits per heavy atom. The summed E-state index contributed by atoms with van der Waals surface area (Å²) in [5, 5.41) is 5.91. The topological polar surface area (TPSA) is 50.4 Å². The maximum absolute atomic E-state index is 12.4. The summed E-state index contributed by atoms with van der Waals surface area (Å²) in [6.07, 6.45) is -3.65. The van der Waals surface area contributed by atoms with Crippen molar-refractivity contribution in [3.63, 3.8) is 0 Å². The molecule has 0 spiro atoms. The van der Waals surface area contributed by atoms with Crippen LogP contribution >= 0.6 is 0 Å². The minimum absolute atomic E-state index is 0.217. The highest BCUT2D eigenvalue weighted by molar-refractivity contribution is 5.77. The van der Waals surface area contributed by atoms with Crippen molar-refractivity contribution >= 4 is 11.6 Å². The van der Waals surface area contributed by atoms with E-state index in [1.165, 1.54) is 12.1 Å². The number of halogens is 3. The Morgan fingerprint density at radius 1 is 0.960 bits per heavy atom. The molecule has 0 atom stereocenters. The molecule has 0 fully saturated rings. The average Bonchev–Trinajstić information content (AvgIpc) is 2.60. The number of nitrogens with one attached hydrogen (secondary N) is 2. The lowest BCUT2D eigenvalue weighted by Crippen LogP contribution is -2.30. The van der Waals surface area contributed by atoms with Gasteiger partial charge in [-0.3, -0.25) is 4.79 Å². The third-order valence-corrected chi connectivity index (χ3v) is 3.33. The van der Waals surface area contributed by atoms with Crippen LogP contribution in [0.15, 0.2) is 54.6 Å². The molecule has 25 heavy (non-hydrogen) atoms. The smallest absolute Gasteiger partial charge is 0.416 e. The van der Waals surface area contributed by atoms with Crippen molar-refractivity contribution in [2.24, 2.45) is 0 Å². The predicted molar refractivity (Wildman–Crippen MR) is 89.5 cm³/mol. The molecule has 0 aliphatic heterocycles. The zero-order valence-corrected chi connectivity index (χ0v) is 13.5. The van der Waals surface area contributed by atoms with Crippen molar-refractivity contribution in [1.82, 2.24) is 5.32 Å². The second-order valence-electron chi connectivity index (χ2n) is 5.31. The molecule has 7 heteroatoms. The molecule has 4 nitrogen and oxygen atoms in total. The number of anilines is 1. The van der Waals surface area contributed by atoms with Gasteiger partial charge in [0.05, 0.1) is 5.56 Å².